The maximum atomic E-state index is 13.1. The zero-order valence-electron chi connectivity index (χ0n) is 16.6. The summed E-state index contributed by atoms with van der Waals surface area (Å²) in [6.45, 7) is 2.76. The van der Waals surface area contributed by atoms with Gasteiger partial charge < -0.3 is 4.90 Å². The maximum Gasteiger partial charge on any atom is 0.324 e. The molecule has 0 saturated carbocycles. The molecular formula is C20H23N3O5S2. The molecular weight excluding hydrogens is 426 g/mol. The second kappa shape index (κ2) is 9.48. The molecule has 1 aliphatic rings. The van der Waals surface area contributed by atoms with Crippen LogP contribution in [0, 0.1) is 10.1 Å². The topological polar surface area (TPSA) is 110 Å². The Morgan fingerprint density at radius 3 is 2.67 bits per heavy atom. The van der Waals surface area contributed by atoms with Gasteiger partial charge in [-0.15, -0.1) is 0 Å². The summed E-state index contributed by atoms with van der Waals surface area (Å²) in [6, 6.07) is 11.0. The van der Waals surface area contributed by atoms with Gasteiger partial charge >= 0.3 is 5.00 Å². The predicted molar refractivity (Wildman–Crippen MR) is 116 cm³/mol. The van der Waals surface area contributed by atoms with Gasteiger partial charge in [0.15, 0.2) is 0 Å². The number of nitrogens with zero attached hydrogens (tertiary/aromatic N) is 3. The Hall–Kier alpha value is -2.59. The lowest BCUT2D eigenvalue weighted by Crippen LogP contribution is -2.34. The number of hydrogen-bond donors (Lipinski definition) is 0. The minimum Gasteiger partial charge on any atom is -0.342 e. The average molecular weight is 450 g/mol. The van der Waals surface area contributed by atoms with E-state index in [-0.39, 0.29) is 40.4 Å². The summed E-state index contributed by atoms with van der Waals surface area (Å²) in [4.78, 5) is 37.0. The molecule has 2 atom stereocenters. The van der Waals surface area contributed by atoms with E-state index < -0.39 is 20.6 Å². The van der Waals surface area contributed by atoms with Crippen molar-refractivity contribution in [3.05, 3.63) is 63.0 Å². The molecule has 2 heterocycles. The Morgan fingerprint density at radius 2 is 2.00 bits per heavy atom. The van der Waals surface area contributed by atoms with Crippen molar-refractivity contribution in [2.45, 2.75) is 25.7 Å². The molecule has 0 bridgehead atoms. The van der Waals surface area contributed by atoms with Gasteiger partial charge in [0.05, 0.1) is 20.2 Å². The number of carbonyl (C=O) groups is 2. The van der Waals surface area contributed by atoms with E-state index in [0.29, 0.717) is 19.4 Å². The van der Waals surface area contributed by atoms with E-state index in [2.05, 4.69) is 4.36 Å². The summed E-state index contributed by atoms with van der Waals surface area (Å²) in [5.41, 5.74) is 1.17. The zero-order valence-corrected chi connectivity index (χ0v) is 18.2. The molecule has 1 fully saturated rings. The summed E-state index contributed by atoms with van der Waals surface area (Å²) in [6.07, 6.45) is 0.852. The molecule has 0 radical (unpaired) electrons. The molecule has 0 N–H and O–H groups in total. The zero-order chi connectivity index (χ0) is 21.7. The van der Waals surface area contributed by atoms with Crippen LogP contribution in [0.25, 0.3) is 0 Å². The van der Waals surface area contributed by atoms with Crippen molar-refractivity contribution >= 4 is 37.9 Å². The first kappa shape index (κ1) is 22.1. The number of thiophene rings is 1. The van der Waals surface area contributed by atoms with Gasteiger partial charge in [-0.1, -0.05) is 48.6 Å². The van der Waals surface area contributed by atoms with Gasteiger partial charge in [-0.25, -0.2) is 4.21 Å². The third-order valence-electron chi connectivity index (χ3n) is 5.04. The Kier molecular flexibility index (Phi) is 6.99. The monoisotopic (exact) mass is 449 g/mol. The third-order valence-corrected chi connectivity index (χ3v) is 8.16. The Labute approximate surface area is 179 Å². The van der Waals surface area contributed by atoms with Gasteiger partial charge in [-0.05, 0) is 17.9 Å². The van der Waals surface area contributed by atoms with Crippen molar-refractivity contribution in [3.8, 4) is 0 Å². The Bertz CT molecular complexity index is 1060. The smallest absolute Gasteiger partial charge is 0.324 e. The van der Waals surface area contributed by atoms with E-state index in [0.717, 1.165) is 23.0 Å². The van der Waals surface area contributed by atoms with E-state index in [9.17, 15) is 23.9 Å². The van der Waals surface area contributed by atoms with Gasteiger partial charge in [-0.3, -0.25) is 19.7 Å². The third kappa shape index (κ3) is 5.51. The molecule has 1 saturated heterocycles. The molecule has 160 valence electrons. The van der Waals surface area contributed by atoms with Crippen LogP contribution in [0.2, 0.25) is 0 Å². The minimum atomic E-state index is -2.82. The normalized spacial score (nSPS) is 20.2. The summed E-state index contributed by atoms with van der Waals surface area (Å²) in [5.74, 6) is -0.289. The summed E-state index contributed by atoms with van der Waals surface area (Å²) < 4.78 is 17.0. The summed E-state index contributed by atoms with van der Waals surface area (Å²) in [5, 5.41) is 12.0. The molecule has 0 aliphatic carbocycles. The summed E-state index contributed by atoms with van der Waals surface area (Å²) in [7, 11) is -2.82. The molecule has 30 heavy (non-hydrogen) atoms. The van der Waals surface area contributed by atoms with Crippen LogP contribution in [0.15, 0.2) is 46.1 Å². The highest BCUT2D eigenvalue weighted by molar-refractivity contribution is 7.93. The Morgan fingerprint density at radius 1 is 1.27 bits per heavy atom. The molecule has 2 unspecified atom stereocenters. The van der Waals surface area contributed by atoms with Crippen molar-refractivity contribution in [2.75, 3.05) is 24.6 Å². The van der Waals surface area contributed by atoms with Crippen LogP contribution >= 0.6 is 11.3 Å². The quantitative estimate of drug-likeness (QED) is 0.511. The first-order valence-electron chi connectivity index (χ1n) is 9.60. The lowest BCUT2D eigenvalue weighted by atomic mass is 9.97. The highest BCUT2D eigenvalue weighted by Gasteiger charge is 2.25. The molecule has 2 aromatic rings. The number of carbonyl (C=O) groups excluding carboxylic acids is 2. The van der Waals surface area contributed by atoms with Gasteiger partial charge in [0.2, 0.25) is 5.91 Å². The lowest BCUT2D eigenvalue weighted by Gasteiger charge is -2.22. The maximum absolute atomic E-state index is 13.1. The number of nitro groups is 1. The van der Waals surface area contributed by atoms with E-state index in [4.69, 9.17) is 0 Å². The highest BCUT2D eigenvalue weighted by Crippen LogP contribution is 2.24. The number of hydrogen-bond acceptors (Lipinski definition) is 6. The van der Waals surface area contributed by atoms with E-state index in [1.54, 1.807) is 4.90 Å². The van der Waals surface area contributed by atoms with Crippen LogP contribution in [0.3, 0.4) is 0 Å². The standard InChI is InChI=1S/C20H23N3O5S2/c1-15(16-6-3-2-4-7-16)12-18(24)22-8-5-10-30(28,11-9-22)21-20(25)17-13-19(23(26)27)29-14-17/h2-4,6-7,13-15H,5,8-12H2,1H3. The first-order chi connectivity index (χ1) is 14.3. The predicted octanol–water partition coefficient (Wildman–Crippen LogP) is 3.69. The van der Waals surface area contributed by atoms with Gasteiger partial charge in [0.25, 0.3) is 5.91 Å². The van der Waals surface area contributed by atoms with Crippen LogP contribution in [-0.2, 0) is 14.5 Å². The lowest BCUT2D eigenvalue weighted by molar-refractivity contribution is -0.380. The molecule has 10 heteroatoms. The van der Waals surface area contributed by atoms with Crippen molar-refractivity contribution in [1.29, 1.82) is 0 Å². The molecule has 8 nitrogen and oxygen atoms in total. The van der Waals surface area contributed by atoms with Gasteiger partial charge in [-0.2, -0.15) is 4.36 Å². The second-order valence-electron chi connectivity index (χ2n) is 7.26. The number of amides is 2. The van der Waals surface area contributed by atoms with E-state index in [1.165, 1.54) is 5.38 Å². The van der Waals surface area contributed by atoms with Crippen molar-refractivity contribution in [1.82, 2.24) is 4.90 Å². The van der Waals surface area contributed by atoms with Crippen molar-refractivity contribution < 1.29 is 18.7 Å². The molecule has 1 aromatic heterocycles. The minimum absolute atomic E-state index is 0.00483. The molecule has 1 aliphatic heterocycles. The van der Waals surface area contributed by atoms with Gasteiger partial charge in [0.1, 0.15) is 0 Å². The van der Waals surface area contributed by atoms with Gasteiger partial charge in [0, 0.05) is 42.5 Å². The molecule has 0 spiro atoms. The number of rotatable bonds is 5. The summed E-state index contributed by atoms with van der Waals surface area (Å²) >= 11 is 0.834. The SMILES string of the molecule is CC(CC(=O)N1CCCS(=O)(=NC(=O)c2csc([N+](=O)[O-])c2)CC1)c1ccccc1. The van der Waals surface area contributed by atoms with Crippen molar-refractivity contribution in [2.24, 2.45) is 4.36 Å². The van der Waals surface area contributed by atoms with Crippen LogP contribution in [0.5, 0.6) is 0 Å². The fourth-order valence-electron chi connectivity index (χ4n) is 3.32. The average Bonchev–Trinajstić information content (AvgIpc) is 3.14. The highest BCUT2D eigenvalue weighted by atomic mass is 32.2. The number of benzene rings is 1. The van der Waals surface area contributed by atoms with Crippen LogP contribution in [0.4, 0.5) is 5.00 Å². The van der Waals surface area contributed by atoms with Crippen LogP contribution < -0.4 is 0 Å². The van der Waals surface area contributed by atoms with Crippen molar-refractivity contribution in [3.63, 3.8) is 0 Å². The Balaban J connectivity index is 1.64. The molecule has 3 rings (SSSR count). The largest absolute Gasteiger partial charge is 0.342 e. The fourth-order valence-corrected chi connectivity index (χ4v) is 5.89. The van der Waals surface area contributed by atoms with Crippen LogP contribution in [-0.4, -0.2) is 50.4 Å². The van der Waals surface area contributed by atoms with E-state index >= 15 is 0 Å². The fraction of sp³-hybridized carbons (Fsp3) is 0.400. The van der Waals surface area contributed by atoms with Crippen LogP contribution in [0.1, 0.15) is 41.6 Å². The molecule has 2 amide bonds. The first-order valence-corrected chi connectivity index (χ1v) is 12.3. The van der Waals surface area contributed by atoms with E-state index in [1.807, 2.05) is 37.3 Å². The second-order valence-corrected chi connectivity index (χ2v) is 10.7. The molecule has 1 aromatic carbocycles.